The Kier molecular flexibility index (Phi) is 7.55. The van der Waals surface area contributed by atoms with Crippen LogP contribution in [0.1, 0.15) is 59.1 Å². The Hall–Kier alpha value is -4.46. The number of hydrogen-bond donors (Lipinski definition) is 1. The summed E-state index contributed by atoms with van der Waals surface area (Å²) in [6.07, 6.45) is 3.44. The first-order valence-electron chi connectivity index (χ1n) is 14.4. The van der Waals surface area contributed by atoms with Gasteiger partial charge in [0.1, 0.15) is 0 Å². The summed E-state index contributed by atoms with van der Waals surface area (Å²) in [4.78, 5) is 45.2. The van der Waals surface area contributed by atoms with E-state index in [1.54, 1.807) is 25.1 Å². The number of fused-ring (bicyclic) bond motifs is 1. The molecule has 1 saturated carbocycles. The Morgan fingerprint density at radius 2 is 1.61 bits per heavy atom. The Morgan fingerprint density at radius 1 is 0.902 bits per heavy atom. The van der Waals surface area contributed by atoms with Crippen molar-refractivity contribution >= 4 is 28.8 Å². The van der Waals surface area contributed by atoms with Crippen LogP contribution in [-0.4, -0.2) is 58.0 Å². The van der Waals surface area contributed by atoms with E-state index in [0.717, 1.165) is 42.4 Å². The fraction of sp³-hybridized carbons (Fsp3) is 0.333. The van der Waals surface area contributed by atoms with Crippen LogP contribution in [0.15, 0.2) is 72.8 Å². The molecule has 4 aromatic rings. The van der Waals surface area contributed by atoms with E-state index in [1.165, 1.54) is 0 Å². The zero-order valence-electron chi connectivity index (χ0n) is 23.2. The van der Waals surface area contributed by atoms with Gasteiger partial charge in [-0.05, 0) is 67.5 Å². The van der Waals surface area contributed by atoms with Crippen LogP contribution in [0.25, 0.3) is 22.2 Å². The lowest BCUT2D eigenvalue weighted by Crippen LogP contribution is -2.47. The van der Waals surface area contributed by atoms with Crippen LogP contribution in [0.3, 0.4) is 0 Å². The van der Waals surface area contributed by atoms with Crippen molar-refractivity contribution in [2.24, 2.45) is 5.92 Å². The van der Waals surface area contributed by atoms with Crippen molar-refractivity contribution in [2.45, 2.75) is 45.2 Å². The Bertz CT molecular complexity index is 1570. The van der Waals surface area contributed by atoms with E-state index < -0.39 is 5.97 Å². The summed E-state index contributed by atoms with van der Waals surface area (Å²) in [6, 6.07) is 23.6. The number of hydrogen-bond acceptors (Lipinski definition) is 5. The SMILES string of the molecule is CCOC(=O)c1ccc2nc(C(=O)NC3CCN(C(=O)C4CC4)CC3)n(Cc3ccc(-c4ccccc4)cc3)c2c1. The van der Waals surface area contributed by atoms with E-state index in [4.69, 9.17) is 9.72 Å². The molecular weight excluding hydrogens is 516 g/mol. The van der Waals surface area contributed by atoms with Crippen LogP contribution in [0.2, 0.25) is 0 Å². The van der Waals surface area contributed by atoms with Gasteiger partial charge in [0.05, 0.1) is 23.2 Å². The third kappa shape index (κ3) is 5.87. The molecule has 0 radical (unpaired) electrons. The maximum Gasteiger partial charge on any atom is 0.338 e. The van der Waals surface area contributed by atoms with Crippen LogP contribution in [0, 0.1) is 5.92 Å². The van der Waals surface area contributed by atoms with Crippen LogP contribution in [0.4, 0.5) is 0 Å². The van der Waals surface area contributed by atoms with Gasteiger partial charge in [0.15, 0.2) is 5.82 Å². The number of imidazole rings is 1. The molecule has 1 N–H and O–H groups in total. The lowest BCUT2D eigenvalue weighted by molar-refractivity contribution is -0.133. The molecule has 41 heavy (non-hydrogen) atoms. The molecule has 2 aliphatic rings. The molecule has 0 unspecified atom stereocenters. The van der Waals surface area contributed by atoms with Crippen LogP contribution < -0.4 is 5.32 Å². The topological polar surface area (TPSA) is 93.5 Å². The molecule has 1 saturated heterocycles. The molecular formula is C33H34N4O4. The van der Waals surface area contributed by atoms with Crippen LogP contribution in [-0.2, 0) is 16.1 Å². The van der Waals surface area contributed by atoms with Crippen LogP contribution in [0.5, 0.6) is 0 Å². The summed E-state index contributed by atoms with van der Waals surface area (Å²) in [7, 11) is 0. The molecule has 6 rings (SSSR count). The van der Waals surface area contributed by atoms with Crippen molar-refractivity contribution in [3.63, 3.8) is 0 Å². The van der Waals surface area contributed by atoms with Gasteiger partial charge in [0, 0.05) is 31.6 Å². The third-order valence-corrected chi connectivity index (χ3v) is 7.93. The average molecular weight is 551 g/mol. The van der Waals surface area contributed by atoms with Gasteiger partial charge in [-0.25, -0.2) is 9.78 Å². The highest BCUT2D eigenvalue weighted by Crippen LogP contribution is 2.32. The van der Waals surface area contributed by atoms with Gasteiger partial charge in [-0.15, -0.1) is 0 Å². The molecule has 0 atom stereocenters. The number of piperidine rings is 1. The lowest BCUT2D eigenvalue weighted by Gasteiger charge is -2.32. The van der Waals surface area contributed by atoms with E-state index in [-0.39, 0.29) is 30.4 Å². The normalized spacial score (nSPS) is 15.6. The highest BCUT2D eigenvalue weighted by molar-refractivity contribution is 5.98. The molecule has 1 aromatic heterocycles. The Balaban J connectivity index is 1.26. The number of nitrogens with one attached hydrogen (secondary N) is 1. The minimum absolute atomic E-state index is 0.0285. The average Bonchev–Trinajstić information content (AvgIpc) is 3.80. The minimum atomic E-state index is -0.409. The van der Waals surface area contributed by atoms with Crippen molar-refractivity contribution < 1.29 is 19.1 Å². The minimum Gasteiger partial charge on any atom is -0.462 e. The molecule has 0 spiro atoms. The van der Waals surface area contributed by atoms with E-state index in [1.807, 2.05) is 27.7 Å². The number of esters is 1. The number of likely N-dealkylation sites (tertiary alicyclic amines) is 1. The van der Waals surface area contributed by atoms with Crippen molar-refractivity contribution in [1.82, 2.24) is 19.8 Å². The molecule has 2 fully saturated rings. The maximum atomic E-state index is 13.6. The molecule has 1 aliphatic heterocycles. The summed E-state index contributed by atoms with van der Waals surface area (Å²) in [6.45, 7) is 3.78. The maximum absolute atomic E-state index is 13.6. The Labute approximate surface area is 239 Å². The van der Waals surface area contributed by atoms with Gasteiger partial charge >= 0.3 is 5.97 Å². The van der Waals surface area contributed by atoms with Gasteiger partial charge in [0.25, 0.3) is 5.91 Å². The van der Waals surface area contributed by atoms with E-state index in [0.29, 0.717) is 42.1 Å². The number of carbonyl (C=O) groups excluding carboxylic acids is 3. The Morgan fingerprint density at radius 3 is 2.29 bits per heavy atom. The second-order valence-electron chi connectivity index (χ2n) is 10.9. The largest absolute Gasteiger partial charge is 0.462 e. The zero-order chi connectivity index (χ0) is 28.3. The predicted molar refractivity (Wildman–Crippen MR) is 156 cm³/mol. The summed E-state index contributed by atoms with van der Waals surface area (Å²) in [5, 5.41) is 3.16. The number of rotatable bonds is 8. The monoisotopic (exact) mass is 550 g/mol. The third-order valence-electron chi connectivity index (χ3n) is 7.93. The first-order valence-corrected chi connectivity index (χ1v) is 14.4. The number of aromatic nitrogens is 2. The van der Waals surface area contributed by atoms with E-state index in [9.17, 15) is 14.4 Å². The van der Waals surface area contributed by atoms with Crippen LogP contribution >= 0.6 is 0 Å². The summed E-state index contributed by atoms with van der Waals surface area (Å²) < 4.78 is 7.08. The predicted octanol–water partition coefficient (Wildman–Crippen LogP) is 5.06. The van der Waals surface area contributed by atoms with Gasteiger partial charge in [0.2, 0.25) is 5.91 Å². The van der Waals surface area contributed by atoms with Gasteiger partial charge < -0.3 is 19.5 Å². The standard InChI is InChI=1S/C33H34N4O4/c1-2-41-33(40)26-14-15-28-29(20-26)37(21-22-8-10-24(11-9-22)23-6-4-3-5-7-23)30(35-28)31(38)34-27-16-18-36(19-17-27)32(39)25-12-13-25/h3-11,14-15,20,25,27H,2,12-13,16-19,21H2,1H3,(H,34,38). The first kappa shape index (κ1) is 26.7. The smallest absolute Gasteiger partial charge is 0.338 e. The number of ether oxygens (including phenoxy) is 1. The molecule has 8 heteroatoms. The molecule has 3 aromatic carbocycles. The van der Waals surface area contributed by atoms with Crippen molar-refractivity contribution in [1.29, 1.82) is 0 Å². The quantitative estimate of drug-likeness (QED) is 0.310. The summed E-state index contributed by atoms with van der Waals surface area (Å²) >= 11 is 0. The second kappa shape index (κ2) is 11.6. The highest BCUT2D eigenvalue weighted by Gasteiger charge is 2.35. The lowest BCUT2D eigenvalue weighted by atomic mass is 10.0. The number of benzene rings is 3. The molecule has 1 aliphatic carbocycles. The first-order chi connectivity index (χ1) is 20.0. The van der Waals surface area contributed by atoms with Crippen molar-refractivity contribution in [2.75, 3.05) is 19.7 Å². The fourth-order valence-electron chi connectivity index (χ4n) is 5.50. The van der Waals surface area contributed by atoms with Gasteiger partial charge in [-0.2, -0.15) is 0 Å². The zero-order valence-corrected chi connectivity index (χ0v) is 23.2. The van der Waals surface area contributed by atoms with Crippen molar-refractivity contribution in [3.8, 4) is 11.1 Å². The highest BCUT2D eigenvalue weighted by atomic mass is 16.5. The van der Waals surface area contributed by atoms with Gasteiger partial charge in [-0.1, -0.05) is 54.6 Å². The number of amides is 2. The summed E-state index contributed by atoms with van der Waals surface area (Å²) in [5.41, 5.74) is 4.99. The molecule has 2 heterocycles. The molecule has 210 valence electrons. The number of nitrogens with zero attached hydrogens (tertiary/aromatic N) is 3. The van der Waals surface area contributed by atoms with Gasteiger partial charge in [-0.3, -0.25) is 9.59 Å². The fourth-order valence-corrected chi connectivity index (χ4v) is 5.50. The molecule has 2 amide bonds. The number of carbonyl (C=O) groups is 3. The van der Waals surface area contributed by atoms with E-state index >= 15 is 0 Å². The van der Waals surface area contributed by atoms with E-state index in [2.05, 4.69) is 41.7 Å². The second-order valence-corrected chi connectivity index (χ2v) is 10.9. The molecule has 8 nitrogen and oxygen atoms in total. The summed E-state index contributed by atoms with van der Waals surface area (Å²) in [5.74, 6) is 0.0961. The van der Waals surface area contributed by atoms with Crippen molar-refractivity contribution in [3.05, 3.63) is 89.7 Å². The molecule has 0 bridgehead atoms.